The highest BCUT2D eigenvalue weighted by Gasteiger charge is 2.17. The lowest BCUT2D eigenvalue weighted by molar-refractivity contribution is 0.537. The molecule has 1 heterocycles. The van der Waals surface area contributed by atoms with Gasteiger partial charge in [0.2, 0.25) is 0 Å². The summed E-state index contributed by atoms with van der Waals surface area (Å²) < 4.78 is 0.999. The number of benzene rings is 1. The molecule has 0 bridgehead atoms. The Morgan fingerprint density at radius 1 is 1.25 bits per heavy atom. The SMILES string of the molecule is CCCNC(Cc1ccc(Br)cc1Cl)c1sccc1Cl. The standard InChI is InChI=1S/C15H16BrCl2NS/c1-2-6-19-14(15-12(17)5-7-20-15)8-10-3-4-11(16)9-13(10)18/h3-5,7,9,14,19H,2,6,8H2,1H3. The van der Waals surface area contributed by atoms with Crippen LogP contribution in [0.4, 0.5) is 0 Å². The van der Waals surface area contributed by atoms with E-state index in [1.165, 1.54) is 4.88 Å². The van der Waals surface area contributed by atoms with E-state index in [-0.39, 0.29) is 6.04 Å². The molecule has 0 spiro atoms. The van der Waals surface area contributed by atoms with Gasteiger partial charge in [-0.25, -0.2) is 0 Å². The molecule has 2 aromatic rings. The highest BCUT2D eigenvalue weighted by molar-refractivity contribution is 9.10. The minimum atomic E-state index is 0.209. The van der Waals surface area contributed by atoms with Crippen LogP contribution in [-0.2, 0) is 6.42 Å². The van der Waals surface area contributed by atoms with Gasteiger partial charge in [0.25, 0.3) is 0 Å². The summed E-state index contributed by atoms with van der Waals surface area (Å²) >= 11 is 17.7. The summed E-state index contributed by atoms with van der Waals surface area (Å²) in [5.41, 5.74) is 1.13. The van der Waals surface area contributed by atoms with Crippen molar-refractivity contribution in [3.8, 4) is 0 Å². The van der Waals surface area contributed by atoms with Gasteiger partial charge in [-0.2, -0.15) is 0 Å². The van der Waals surface area contributed by atoms with Crippen molar-refractivity contribution < 1.29 is 0 Å². The maximum absolute atomic E-state index is 6.32. The summed E-state index contributed by atoms with van der Waals surface area (Å²) in [5.74, 6) is 0. The van der Waals surface area contributed by atoms with E-state index in [1.54, 1.807) is 11.3 Å². The topological polar surface area (TPSA) is 12.0 Å². The third-order valence-electron chi connectivity index (χ3n) is 3.04. The molecule has 0 saturated heterocycles. The number of nitrogens with one attached hydrogen (secondary N) is 1. The maximum atomic E-state index is 6.32. The van der Waals surface area contributed by atoms with E-state index in [0.29, 0.717) is 0 Å². The Morgan fingerprint density at radius 2 is 2.05 bits per heavy atom. The molecular weight excluding hydrogens is 377 g/mol. The minimum Gasteiger partial charge on any atom is -0.309 e. The lowest BCUT2D eigenvalue weighted by Crippen LogP contribution is -2.23. The van der Waals surface area contributed by atoms with Crippen molar-refractivity contribution in [1.82, 2.24) is 5.32 Å². The summed E-state index contributed by atoms with van der Waals surface area (Å²) in [5, 5.41) is 7.21. The van der Waals surface area contributed by atoms with Crippen LogP contribution >= 0.6 is 50.5 Å². The molecule has 5 heteroatoms. The molecule has 1 aromatic carbocycles. The molecule has 0 aliphatic heterocycles. The van der Waals surface area contributed by atoms with Crippen LogP contribution in [0.2, 0.25) is 10.0 Å². The molecule has 108 valence electrons. The Kier molecular flexibility index (Phi) is 6.37. The van der Waals surface area contributed by atoms with Crippen LogP contribution < -0.4 is 5.32 Å². The Labute approximate surface area is 142 Å². The maximum Gasteiger partial charge on any atom is 0.0561 e. The molecular formula is C15H16BrCl2NS. The molecule has 0 saturated carbocycles. The molecule has 1 unspecified atom stereocenters. The second-order valence-corrected chi connectivity index (χ2v) is 7.26. The van der Waals surface area contributed by atoms with E-state index in [0.717, 1.165) is 39.5 Å². The zero-order chi connectivity index (χ0) is 14.5. The summed E-state index contributed by atoms with van der Waals surface area (Å²) in [6.07, 6.45) is 1.93. The predicted molar refractivity (Wildman–Crippen MR) is 93.2 cm³/mol. The molecule has 20 heavy (non-hydrogen) atoms. The summed E-state index contributed by atoms with van der Waals surface area (Å²) in [6, 6.07) is 8.18. The molecule has 0 fully saturated rings. The van der Waals surface area contributed by atoms with Crippen LogP contribution in [0.5, 0.6) is 0 Å². The van der Waals surface area contributed by atoms with Crippen LogP contribution in [0, 0.1) is 0 Å². The fourth-order valence-corrected chi connectivity index (χ4v) is 4.05. The molecule has 0 radical (unpaired) electrons. The van der Waals surface area contributed by atoms with E-state index in [1.807, 2.05) is 23.6 Å². The van der Waals surface area contributed by atoms with Crippen molar-refractivity contribution in [2.24, 2.45) is 0 Å². The van der Waals surface area contributed by atoms with Gasteiger partial charge in [-0.3, -0.25) is 0 Å². The van der Waals surface area contributed by atoms with Crippen LogP contribution in [0.15, 0.2) is 34.1 Å². The van der Waals surface area contributed by atoms with Gasteiger partial charge in [0.05, 0.1) is 5.02 Å². The second-order valence-electron chi connectivity index (χ2n) is 4.58. The largest absolute Gasteiger partial charge is 0.309 e. The molecule has 1 atom stereocenters. The number of hydrogen-bond acceptors (Lipinski definition) is 2. The van der Waals surface area contributed by atoms with E-state index in [4.69, 9.17) is 23.2 Å². The van der Waals surface area contributed by atoms with Gasteiger partial charge in [0.1, 0.15) is 0 Å². The van der Waals surface area contributed by atoms with Gasteiger partial charge in [0.15, 0.2) is 0 Å². The average molecular weight is 393 g/mol. The third kappa shape index (κ3) is 4.22. The first-order valence-electron chi connectivity index (χ1n) is 6.52. The number of rotatable bonds is 6. The first-order chi connectivity index (χ1) is 9.61. The summed E-state index contributed by atoms with van der Waals surface area (Å²) in [7, 11) is 0. The highest BCUT2D eigenvalue weighted by atomic mass is 79.9. The minimum absolute atomic E-state index is 0.209. The second kappa shape index (κ2) is 7.81. The van der Waals surface area contributed by atoms with E-state index in [2.05, 4.69) is 34.2 Å². The number of halogens is 3. The molecule has 1 aromatic heterocycles. The smallest absolute Gasteiger partial charge is 0.0561 e. The molecule has 0 aliphatic rings. The average Bonchev–Trinajstić information content (AvgIpc) is 2.83. The number of hydrogen-bond donors (Lipinski definition) is 1. The third-order valence-corrected chi connectivity index (χ3v) is 5.36. The lowest BCUT2D eigenvalue weighted by atomic mass is 10.0. The monoisotopic (exact) mass is 391 g/mol. The van der Waals surface area contributed by atoms with E-state index in [9.17, 15) is 0 Å². The van der Waals surface area contributed by atoms with E-state index < -0.39 is 0 Å². The first-order valence-corrected chi connectivity index (χ1v) is 8.95. The Bertz CT molecular complexity index is 571. The van der Waals surface area contributed by atoms with Gasteiger partial charge in [0, 0.05) is 20.4 Å². The van der Waals surface area contributed by atoms with Gasteiger partial charge in [-0.1, -0.05) is 52.1 Å². The normalized spacial score (nSPS) is 12.6. The van der Waals surface area contributed by atoms with Crippen molar-refractivity contribution in [2.45, 2.75) is 25.8 Å². The van der Waals surface area contributed by atoms with Crippen molar-refractivity contribution in [2.75, 3.05) is 6.54 Å². The quantitative estimate of drug-likeness (QED) is 0.625. The Morgan fingerprint density at radius 3 is 2.65 bits per heavy atom. The van der Waals surface area contributed by atoms with Gasteiger partial charge in [-0.15, -0.1) is 11.3 Å². The molecule has 0 aliphatic carbocycles. The van der Waals surface area contributed by atoms with Crippen molar-refractivity contribution >= 4 is 50.5 Å². The Balaban J connectivity index is 2.21. The van der Waals surface area contributed by atoms with Crippen LogP contribution in [0.3, 0.4) is 0 Å². The summed E-state index contributed by atoms with van der Waals surface area (Å²) in [6.45, 7) is 3.12. The van der Waals surface area contributed by atoms with Gasteiger partial charge < -0.3 is 5.32 Å². The lowest BCUT2D eigenvalue weighted by Gasteiger charge is -2.19. The van der Waals surface area contributed by atoms with Crippen molar-refractivity contribution in [3.05, 3.63) is 54.6 Å². The highest BCUT2D eigenvalue weighted by Crippen LogP contribution is 2.33. The zero-order valence-corrected chi connectivity index (χ0v) is 15.0. The van der Waals surface area contributed by atoms with E-state index >= 15 is 0 Å². The fraction of sp³-hybridized carbons (Fsp3) is 0.333. The Hall–Kier alpha value is -0.0600. The van der Waals surface area contributed by atoms with Crippen molar-refractivity contribution in [1.29, 1.82) is 0 Å². The predicted octanol–water partition coefficient (Wildman–Crippen LogP) is 6.10. The van der Waals surface area contributed by atoms with Crippen LogP contribution in [0.1, 0.15) is 29.8 Å². The van der Waals surface area contributed by atoms with Gasteiger partial charge >= 0.3 is 0 Å². The van der Waals surface area contributed by atoms with Gasteiger partial charge in [-0.05, 0) is 48.5 Å². The molecule has 2 rings (SSSR count). The number of thiophene rings is 1. The molecule has 0 amide bonds. The van der Waals surface area contributed by atoms with Crippen molar-refractivity contribution in [3.63, 3.8) is 0 Å². The summed E-state index contributed by atoms with van der Waals surface area (Å²) in [4.78, 5) is 1.18. The molecule has 1 nitrogen and oxygen atoms in total. The van der Waals surface area contributed by atoms with Crippen LogP contribution in [-0.4, -0.2) is 6.54 Å². The molecule has 1 N–H and O–H groups in total. The zero-order valence-electron chi connectivity index (χ0n) is 11.1. The fourth-order valence-electron chi connectivity index (χ4n) is 2.04. The first kappa shape index (κ1) is 16.3. The van der Waals surface area contributed by atoms with Crippen LogP contribution in [0.25, 0.3) is 0 Å².